The molecule has 3 aromatic heterocycles. The summed E-state index contributed by atoms with van der Waals surface area (Å²) in [5.74, 6) is 1.20. The Morgan fingerprint density at radius 3 is 2.59 bits per heavy atom. The van der Waals surface area contributed by atoms with E-state index in [2.05, 4.69) is 15.1 Å². The standard InChI is InChI=1S/C21H19F3N4O3S/c1-11-19-13(21(22,23)24)9-17(29)26-20(19)28(27-11)7-6-18-25-14(10-32-18)12-4-5-15(30-2)16(8-12)31-3/h4-5,8-10H,6-7H2,1-3H3,(H,26,29). The zero-order valence-electron chi connectivity index (χ0n) is 17.4. The van der Waals surface area contributed by atoms with E-state index in [1.165, 1.54) is 22.9 Å². The number of H-pyrrole nitrogens is 1. The van der Waals surface area contributed by atoms with Crippen LogP contribution in [0.2, 0.25) is 0 Å². The van der Waals surface area contributed by atoms with Crippen molar-refractivity contribution >= 4 is 22.4 Å². The molecule has 0 aliphatic rings. The number of alkyl halides is 3. The summed E-state index contributed by atoms with van der Waals surface area (Å²) >= 11 is 1.43. The van der Waals surface area contributed by atoms with Gasteiger partial charge in [-0.1, -0.05) is 0 Å². The van der Waals surface area contributed by atoms with E-state index in [1.807, 2.05) is 17.5 Å². The Balaban J connectivity index is 1.60. The van der Waals surface area contributed by atoms with Gasteiger partial charge in [0.1, 0.15) is 5.65 Å². The Morgan fingerprint density at radius 1 is 1.16 bits per heavy atom. The summed E-state index contributed by atoms with van der Waals surface area (Å²) in [4.78, 5) is 18.9. The van der Waals surface area contributed by atoms with Gasteiger partial charge in [0.05, 0.1) is 41.6 Å². The molecule has 11 heteroatoms. The number of ether oxygens (including phenoxy) is 2. The number of halogens is 3. The summed E-state index contributed by atoms with van der Waals surface area (Å²) in [5, 5.41) is 6.80. The number of rotatable bonds is 6. The van der Waals surface area contributed by atoms with Crippen LogP contribution >= 0.6 is 11.3 Å². The van der Waals surface area contributed by atoms with E-state index in [4.69, 9.17) is 9.47 Å². The Labute approximate surface area is 184 Å². The molecule has 1 aromatic carbocycles. The summed E-state index contributed by atoms with van der Waals surface area (Å²) in [7, 11) is 3.11. The van der Waals surface area contributed by atoms with Crippen molar-refractivity contribution in [2.75, 3.05) is 14.2 Å². The van der Waals surface area contributed by atoms with Crippen LogP contribution in [-0.2, 0) is 19.1 Å². The molecule has 7 nitrogen and oxygen atoms in total. The van der Waals surface area contributed by atoms with Crippen LogP contribution in [-0.4, -0.2) is 34.0 Å². The minimum absolute atomic E-state index is 0.0546. The number of hydrogen-bond acceptors (Lipinski definition) is 6. The smallest absolute Gasteiger partial charge is 0.417 e. The van der Waals surface area contributed by atoms with Crippen LogP contribution in [0.25, 0.3) is 22.3 Å². The lowest BCUT2D eigenvalue weighted by Crippen LogP contribution is -2.15. The van der Waals surface area contributed by atoms with Gasteiger partial charge in [-0.2, -0.15) is 18.3 Å². The van der Waals surface area contributed by atoms with E-state index in [-0.39, 0.29) is 23.3 Å². The highest BCUT2D eigenvalue weighted by molar-refractivity contribution is 7.09. The normalized spacial score (nSPS) is 11.8. The second-order valence-corrected chi connectivity index (χ2v) is 7.97. The van der Waals surface area contributed by atoms with E-state index in [1.54, 1.807) is 20.3 Å². The Morgan fingerprint density at radius 2 is 1.91 bits per heavy atom. The molecule has 4 aromatic rings. The van der Waals surface area contributed by atoms with Crippen molar-refractivity contribution < 1.29 is 22.6 Å². The molecule has 0 spiro atoms. The predicted octanol–water partition coefficient (Wildman–Crippen LogP) is 4.44. The summed E-state index contributed by atoms with van der Waals surface area (Å²) < 4.78 is 52.1. The van der Waals surface area contributed by atoms with Gasteiger partial charge in [0.25, 0.3) is 0 Å². The number of methoxy groups -OCH3 is 2. The topological polar surface area (TPSA) is 82.0 Å². The molecule has 0 saturated heterocycles. The summed E-state index contributed by atoms with van der Waals surface area (Å²) in [5.41, 5.74) is 0.0542. The van der Waals surface area contributed by atoms with Crippen LogP contribution in [0.4, 0.5) is 13.2 Å². The molecule has 0 atom stereocenters. The van der Waals surface area contributed by atoms with Crippen LogP contribution in [0, 0.1) is 6.92 Å². The number of pyridine rings is 1. The average molecular weight is 464 g/mol. The maximum atomic E-state index is 13.4. The zero-order valence-corrected chi connectivity index (χ0v) is 18.2. The molecule has 0 aliphatic carbocycles. The van der Waals surface area contributed by atoms with E-state index in [0.717, 1.165) is 16.3 Å². The fraction of sp³-hybridized carbons (Fsp3) is 0.286. The number of fused-ring (bicyclic) bond motifs is 1. The third kappa shape index (κ3) is 4.07. The molecule has 3 heterocycles. The van der Waals surface area contributed by atoms with Gasteiger partial charge in [-0.15, -0.1) is 11.3 Å². The number of aromatic nitrogens is 4. The fourth-order valence-corrected chi connectivity index (χ4v) is 4.32. The lowest BCUT2D eigenvalue weighted by atomic mass is 10.1. The van der Waals surface area contributed by atoms with Crippen molar-refractivity contribution in [2.45, 2.75) is 26.1 Å². The summed E-state index contributed by atoms with van der Waals surface area (Å²) in [6, 6.07) is 6.05. The first-order chi connectivity index (χ1) is 15.2. The Kier molecular flexibility index (Phi) is 5.68. The molecule has 32 heavy (non-hydrogen) atoms. The van der Waals surface area contributed by atoms with Crippen LogP contribution < -0.4 is 15.0 Å². The molecule has 0 amide bonds. The van der Waals surface area contributed by atoms with Gasteiger partial charge in [-0.3, -0.25) is 4.79 Å². The van der Waals surface area contributed by atoms with Gasteiger partial charge in [-0.05, 0) is 25.1 Å². The maximum Gasteiger partial charge on any atom is 0.417 e. The highest BCUT2D eigenvalue weighted by atomic mass is 32.1. The maximum absolute atomic E-state index is 13.4. The van der Waals surface area contributed by atoms with Crippen LogP contribution in [0.5, 0.6) is 11.5 Å². The predicted molar refractivity (Wildman–Crippen MR) is 114 cm³/mol. The monoisotopic (exact) mass is 464 g/mol. The average Bonchev–Trinajstić information content (AvgIpc) is 3.35. The molecule has 0 saturated carbocycles. The number of hydrogen-bond donors (Lipinski definition) is 1. The first kappa shape index (κ1) is 21.9. The number of aromatic amines is 1. The number of nitrogens with one attached hydrogen (secondary N) is 1. The van der Waals surface area contributed by atoms with Crippen LogP contribution in [0.3, 0.4) is 0 Å². The number of nitrogens with zero attached hydrogens (tertiary/aromatic N) is 3. The van der Waals surface area contributed by atoms with Crippen molar-refractivity contribution in [3.8, 4) is 22.8 Å². The highest BCUT2D eigenvalue weighted by Gasteiger charge is 2.35. The van der Waals surface area contributed by atoms with Gasteiger partial charge >= 0.3 is 6.18 Å². The molecular weight excluding hydrogens is 445 g/mol. The lowest BCUT2D eigenvalue weighted by molar-refractivity contribution is -0.136. The van der Waals surface area contributed by atoms with Crippen molar-refractivity contribution in [1.29, 1.82) is 0 Å². The van der Waals surface area contributed by atoms with Crippen molar-refractivity contribution in [3.63, 3.8) is 0 Å². The van der Waals surface area contributed by atoms with Crippen LogP contribution in [0.1, 0.15) is 16.3 Å². The van der Waals surface area contributed by atoms with Crippen molar-refractivity contribution in [2.24, 2.45) is 0 Å². The van der Waals surface area contributed by atoms with Crippen molar-refractivity contribution in [1.82, 2.24) is 19.7 Å². The molecule has 4 rings (SSSR count). The largest absolute Gasteiger partial charge is 0.493 e. The Bertz CT molecular complexity index is 1340. The van der Waals surface area contributed by atoms with Crippen molar-refractivity contribution in [3.05, 3.63) is 56.3 Å². The molecule has 168 valence electrons. The third-order valence-electron chi connectivity index (χ3n) is 4.99. The first-order valence-electron chi connectivity index (χ1n) is 9.55. The molecule has 0 unspecified atom stereocenters. The van der Waals surface area contributed by atoms with Gasteiger partial charge < -0.3 is 14.5 Å². The van der Waals surface area contributed by atoms with E-state index >= 15 is 0 Å². The molecule has 0 radical (unpaired) electrons. The van der Waals surface area contributed by atoms with Crippen LogP contribution in [0.15, 0.2) is 34.4 Å². The summed E-state index contributed by atoms with van der Waals surface area (Å²) in [6.07, 6.45) is -4.21. The SMILES string of the molecule is COc1ccc(-c2csc(CCn3nc(C)c4c(C(F)(F)F)cc(=O)[nH]c43)n2)cc1OC. The van der Waals surface area contributed by atoms with Gasteiger partial charge in [0.2, 0.25) is 5.56 Å². The quantitative estimate of drug-likeness (QED) is 0.456. The molecule has 0 fully saturated rings. The highest BCUT2D eigenvalue weighted by Crippen LogP contribution is 2.35. The second-order valence-electron chi connectivity index (χ2n) is 7.02. The van der Waals surface area contributed by atoms with Gasteiger partial charge in [-0.25, -0.2) is 9.67 Å². The first-order valence-corrected chi connectivity index (χ1v) is 10.4. The second kappa shape index (κ2) is 8.30. The minimum atomic E-state index is -4.64. The molecule has 0 bridgehead atoms. The Hall–Kier alpha value is -3.34. The fourth-order valence-electron chi connectivity index (χ4n) is 3.53. The van der Waals surface area contributed by atoms with E-state index in [9.17, 15) is 18.0 Å². The zero-order chi connectivity index (χ0) is 23.0. The van der Waals surface area contributed by atoms with E-state index < -0.39 is 17.3 Å². The van der Waals surface area contributed by atoms with E-state index in [0.29, 0.717) is 24.0 Å². The third-order valence-corrected chi connectivity index (χ3v) is 5.90. The van der Waals surface area contributed by atoms with Gasteiger partial charge in [0.15, 0.2) is 11.5 Å². The lowest BCUT2D eigenvalue weighted by Gasteiger charge is -2.08. The van der Waals surface area contributed by atoms with Gasteiger partial charge in [0, 0.05) is 30.0 Å². The number of thiazole rings is 1. The molecule has 0 aliphatic heterocycles. The molecule has 1 N–H and O–H groups in total. The molecular formula is C21H19F3N4O3S. The summed E-state index contributed by atoms with van der Waals surface area (Å²) in [6.45, 7) is 1.76. The minimum Gasteiger partial charge on any atom is -0.493 e. The number of aryl methyl sites for hydroxylation is 3. The number of benzene rings is 1.